The van der Waals surface area contributed by atoms with Crippen LogP contribution < -0.4 is 20.9 Å². The predicted molar refractivity (Wildman–Crippen MR) is 270 cm³/mol. The number of sulfone groups is 1. The van der Waals surface area contributed by atoms with Crippen LogP contribution in [0.1, 0.15) is 0 Å². The molecule has 7 rings (SSSR count). The summed E-state index contributed by atoms with van der Waals surface area (Å²) in [7, 11) is -21.0. The summed E-state index contributed by atoms with van der Waals surface area (Å²) in [4.78, 5) is 20.2. The van der Waals surface area contributed by atoms with E-state index >= 15 is 0 Å². The van der Waals surface area contributed by atoms with E-state index in [1.807, 2.05) is 0 Å². The van der Waals surface area contributed by atoms with Crippen molar-refractivity contribution < 1.29 is 79.9 Å². The number of hydrogen-bond acceptors (Lipinski definition) is 26. The number of nitrogens with one attached hydrogen (secondary N) is 1. The second-order valence-corrected chi connectivity index (χ2v) is 22.8. The maximum atomic E-state index is 12.9. The average Bonchev–Trinajstić information content (AvgIpc) is 3.32. The largest absolute Gasteiger partial charge is 0.505 e. The van der Waals surface area contributed by atoms with E-state index in [1.54, 1.807) is 0 Å². The van der Waals surface area contributed by atoms with Crippen LogP contribution in [-0.2, 0) is 49.5 Å². The van der Waals surface area contributed by atoms with Gasteiger partial charge in [0.15, 0.2) is 15.6 Å². The maximum Gasteiger partial charge on any atom is 0.397 e. The highest BCUT2D eigenvalue weighted by Crippen LogP contribution is 2.55. The molecule has 0 aliphatic rings. The number of phenolic OH excluding ortho intramolecular Hbond substituents is 1. The average molecular weight is 1150 g/mol. The molecule has 0 saturated carbocycles. The number of halogens is 1. The molecule has 1 aromatic heterocycles. The van der Waals surface area contributed by atoms with Gasteiger partial charge in [0.2, 0.25) is 23.6 Å². The molecule has 0 fully saturated rings. The highest BCUT2D eigenvalue weighted by molar-refractivity contribution is 8.19. The first-order chi connectivity index (χ1) is 35.1. The molecule has 0 unspecified atom stereocenters. The van der Waals surface area contributed by atoms with E-state index in [9.17, 15) is 61.5 Å². The summed E-state index contributed by atoms with van der Waals surface area (Å²) < 4.78 is 166. The van der Waals surface area contributed by atoms with Gasteiger partial charge >= 0.3 is 10.4 Å². The highest BCUT2D eigenvalue weighted by atomic mass is 35.5. The summed E-state index contributed by atoms with van der Waals surface area (Å²) in [5.41, 5.74) is -0.600. The first-order valence-corrected chi connectivity index (χ1v) is 28.0. The number of fused-ring (bicyclic) bond motifs is 2. The Bertz CT molecular complexity index is 3980. The van der Waals surface area contributed by atoms with Crippen LogP contribution in [-0.4, -0.2) is 114 Å². The molecule has 0 spiro atoms. The quantitative estimate of drug-likeness (QED) is 0.0121. The van der Waals surface area contributed by atoms with Gasteiger partial charge in [-0.3, -0.25) is 13.7 Å². The molecule has 35 heteroatoms. The summed E-state index contributed by atoms with van der Waals surface area (Å²) in [5.74, 6) is 3.32. The molecular formula is C40H36ClN11O18S5. The van der Waals surface area contributed by atoms with Crippen LogP contribution in [0.2, 0.25) is 5.28 Å². The Morgan fingerprint density at radius 3 is 2.11 bits per heavy atom. The summed E-state index contributed by atoms with van der Waals surface area (Å²) in [6.45, 7) is -0.925. The van der Waals surface area contributed by atoms with Crippen LogP contribution in [0.5, 0.6) is 11.5 Å². The van der Waals surface area contributed by atoms with Crippen LogP contribution in [0.4, 0.5) is 51.7 Å². The maximum absolute atomic E-state index is 12.9. The zero-order chi connectivity index (χ0) is 54.8. The van der Waals surface area contributed by atoms with Crippen LogP contribution in [0.25, 0.3) is 21.5 Å². The van der Waals surface area contributed by atoms with Gasteiger partial charge in [0, 0.05) is 34.6 Å². The first kappa shape index (κ1) is 55.6. The van der Waals surface area contributed by atoms with Gasteiger partial charge in [0.25, 0.3) is 20.2 Å². The minimum absolute atomic E-state index is 0.00704. The highest BCUT2D eigenvalue weighted by Gasteiger charge is 2.27. The Labute approximate surface area is 430 Å². The minimum Gasteiger partial charge on any atom is -0.505 e. The van der Waals surface area contributed by atoms with Gasteiger partial charge in [-0.1, -0.05) is 12.1 Å². The number of methoxy groups -OCH3 is 1. The lowest BCUT2D eigenvalue weighted by atomic mass is 10.1. The SMILES string of the molecule is COc1ccc(S(=O)(=O)CCOS(=O)(=O)O)cc1N=Nc1c(S(O)(O)O)cc2cc(N(C)c3nc(Cl)nc(Nc4ccc(N=Nc5cc(S(=O)(=O)O)c6cccc(S(=O)(=O)O)c6c5)c(N=CON)c4)n3)ccc2c1O. The van der Waals surface area contributed by atoms with E-state index in [2.05, 4.69) is 54.7 Å². The standard InChI is InChI=1S/C40H36ClN11O18S5/c1-52(24-7-9-26-21(14-24)15-35(74(62,63)64)36(37(26)53)51-50-31-19-25(8-11-32(31)68-2)71(54,55)13-12-70-75(65,66)67)40-46-38(41)45-39(47-40)44-22-6-10-29(30(17-22)43-20-69-42)49-48-23-16-28-27(34(18-23)73(59,60)61)4-3-5-33(28)72(56,57)58/h3-11,14-20,53,62-64H,12-13,42H2,1-2H3,(H,56,57,58)(H,59,60,61)(H,65,66,67)(H,44,45,46,47). The zero-order valence-corrected chi connectivity index (χ0v) is 42.6. The number of benzene rings is 6. The molecule has 0 aliphatic heterocycles. The van der Waals surface area contributed by atoms with Crippen molar-refractivity contribution in [3.8, 4) is 11.5 Å². The second-order valence-electron chi connectivity index (χ2n) is 15.0. The van der Waals surface area contributed by atoms with E-state index in [0.717, 1.165) is 42.8 Å². The Kier molecular flexibility index (Phi) is 16.0. The Hall–Kier alpha value is -7.16. The van der Waals surface area contributed by atoms with Gasteiger partial charge in [0.05, 0.1) is 40.6 Å². The van der Waals surface area contributed by atoms with E-state index in [4.69, 9.17) is 26.8 Å². The number of aromatic nitrogens is 3. The second kappa shape index (κ2) is 21.6. The molecule has 6 aromatic carbocycles. The number of aromatic hydroxyl groups is 1. The van der Waals surface area contributed by atoms with E-state index in [0.29, 0.717) is 5.69 Å². The van der Waals surface area contributed by atoms with Crippen LogP contribution in [0, 0.1) is 0 Å². The number of rotatable bonds is 19. The third kappa shape index (κ3) is 13.2. The van der Waals surface area contributed by atoms with Crippen molar-refractivity contribution in [1.82, 2.24) is 15.0 Å². The van der Waals surface area contributed by atoms with Crippen molar-refractivity contribution in [1.29, 1.82) is 0 Å². The van der Waals surface area contributed by atoms with Crippen molar-refractivity contribution in [2.24, 2.45) is 31.3 Å². The van der Waals surface area contributed by atoms with Crippen molar-refractivity contribution in [2.45, 2.75) is 19.6 Å². The number of aliphatic imine (C=N–C) groups is 1. The number of hydrogen-bond donors (Lipinski definition) is 9. The molecule has 7 aromatic rings. The van der Waals surface area contributed by atoms with Gasteiger partial charge in [-0.2, -0.15) is 51.2 Å². The van der Waals surface area contributed by atoms with Crippen molar-refractivity contribution >= 4 is 143 Å². The molecule has 0 atom stereocenters. The third-order valence-corrected chi connectivity index (χ3v) is 15.2. The fraction of sp³-hybridized carbons (Fsp3) is 0.100. The van der Waals surface area contributed by atoms with Crippen molar-refractivity contribution in [2.75, 3.05) is 36.7 Å². The van der Waals surface area contributed by atoms with Gasteiger partial charge in [-0.05, 0) is 95.8 Å². The van der Waals surface area contributed by atoms with Gasteiger partial charge in [-0.15, -0.1) is 15.3 Å². The molecule has 0 bridgehead atoms. The minimum atomic E-state index is -4.96. The number of nitrogens with zero attached hydrogens (tertiary/aromatic N) is 9. The molecule has 0 aliphatic carbocycles. The monoisotopic (exact) mass is 1150 g/mol. The summed E-state index contributed by atoms with van der Waals surface area (Å²) in [5, 5.41) is 29.7. The van der Waals surface area contributed by atoms with Gasteiger partial charge in [0.1, 0.15) is 43.5 Å². The molecule has 0 saturated heterocycles. The molecule has 396 valence electrons. The molecule has 10 N–H and O–H groups in total. The fourth-order valence-electron chi connectivity index (χ4n) is 6.85. The summed E-state index contributed by atoms with van der Waals surface area (Å²) in [6, 6.07) is 18.3. The van der Waals surface area contributed by atoms with Crippen LogP contribution in [0.15, 0.2) is 136 Å². The summed E-state index contributed by atoms with van der Waals surface area (Å²) >= 11 is 6.33. The number of anilines is 4. The van der Waals surface area contributed by atoms with Crippen LogP contribution >= 0.6 is 22.5 Å². The van der Waals surface area contributed by atoms with E-state index < -0.39 is 94.7 Å². The third-order valence-electron chi connectivity index (χ3n) is 10.2. The summed E-state index contributed by atoms with van der Waals surface area (Å²) in [6.07, 6.45) is 0.839. The molecule has 75 heavy (non-hydrogen) atoms. The topological polar surface area (TPSA) is 448 Å². The molecule has 0 radical (unpaired) electrons. The predicted octanol–water partition coefficient (Wildman–Crippen LogP) is 8.11. The lowest BCUT2D eigenvalue weighted by molar-refractivity contribution is 0.284. The van der Waals surface area contributed by atoms with E-state index in [1.165, 1.54) is 73.7 Å². The molecule has 1 heterocycles. The normalized spacial score (nSPS) is 13.1. The molecule has 29 nitrogen and oxygen atoms in total. The van der Waals surface area contributed by atoms with Gasteiger partial charge in [-0.25, -0.2) is 17.6 Å². The molecule has 0 amide bonds. The zero-order valence-electron chi connectivity index (χ0n) is 37.8. The van der Waals surface area contributed by atoms with Crippen molar-refractivity contribution in [3.63, 3.8) is 0 Å². The number of azo groups is 2. The van der Waals surface area contributed by atoms with Gasteiger partial charge < -0.3 is 38.6 Å². The number of ether oxygens (including phenoxy) is 1. The first-order valence-electron chi connectivity index (χ1n) is 20.2. The smallest absolute Gasteiger partial charge is 0.397 e. The Balaban J connectivity index is 1.18. The number of phenols is 1. The molecular weight excluding hydrogens is 1120 g/mol. The Morgan fingerprint density at radius 2 is 1.44 bits per heavy atom. The lowest BCUT2D eigenvalue weighted by Gasteiger charge is -2.23. The van der Waals surface area contributed by atoms with Crippen LogP contribution in [0.3, 0.4) is 0 Å². The van der Waals surface area contributed by atoms with E-state index in [-0.39, 0.29) is 72.9 Å². The Morgan fingerprint density at radius 1 is 0.720 bits per heavy atom. The number of nitrogens with two attached hydrogens (primary N) is 1. The fourth-order valence-corrected chi connectivity index (χ4v) is 10.6. The lowest BCUT2D eigenvalue weighted by Crippen LogP contribution is -2.15. The van der Waals surface area contributed by atoms with Crippen molar-refractivity contribution in [3.05, 3.63) is 96.3 Å².